The molecule has 1 unspecified atom stereocenters. The topological polar surface area (TPSA) is 67.3 Å². The molecular formula is C15H24N4O2. The van der Waals surface area contributed by atoms with Crippen LogP contribution in [0.2, 0.25) is 0 Å². The summed E-state index contributed by atoms with van der Waals surface area (Å²) < 4.78 is 5.24. The Balaban J connectivity index is 1.69. The van der Waals surface area contributed by atoms with Gasteiger partial charge in [0.15, 0.2) is 0 Å². The number of nitrogens with one attached hydrogen (secondary N) is 1. The Morgan fingerprint density at radius 2 is 2.29 bits per heavy atom. The Bertz CT molecular complexity index is 458. The first-order valence-electron chi connectivity index (χ1n) is 7.36. The van der Waals surface area contributed by atoms with Crippen molar-refractivity contribution in [2.45, 2.75) is 39.3 Å². The molecule has 0 bridgehead atoms. The third-order valence-electron chi connectivity index (χ3n) is 3.31. The number of aromatic nitrogens is 2. The van der Waals surface area contributed by atoms with E-state index in [2.05, 4.69) is 20.2 Å². The molecule has 21 heavy (non-hydrogen) atoms. The van der Waals surface area contributed by atoms with Gasteiger partial charge in [-0.15, -0.1) is 0 Å². The second-order valence-corrected chi connectivity index (χ2v) is 6.47. The summed E-state index contributed by atoms with van der Waals surface area (Å²) in [5.74, 6) is 0.467. The molecule has 116 valence electrons. The summed E-state index contributed by atoms with van der Waals surface area (Å²) in [7, 11) is 0. The Kier molecular flexibility index (Phi) is 5.12. The van der Waals surface area contributed by atoms with Crippen LogP contribution in [0.1, 0.15) is 32.9 Å². The number of likely N-dealkylation sites (tertiary alicyclic amines) is 1. The maximum atomic E-state index is 11.6. The largest absolute Gasteiger partial charge is 0.444 e. The molecule has 1 aliphatic heterocycles. The Morgan fingerprint density at radius 3 is 2.95 bits per heavy atom. The molecule has 0 spiro atoms. The van der Waals surface area contributed by atoms with Crippen LogP contribution in [-0.2, 0) is 11.3 Å². The average Bonchev–Trinajstić information content (AvgIpc) is 2.83. The Labute approximate surface area is 125 Å². The molecular weight excluding hydrogens is 268 g/mol. The second kappa shape index (κ2) is 6.85. The van der Waals surface area contributed by atoms with Gasteiger partial charge in [-0.1, -0.05) is 0 Å². The highest BCUT2D eigenvalue weighted by Gasteiger charge is 2.24. The quantitative estimate of drug-likeness (QED) is 0.917. The van der Waals surface area contributed by atoms with Crippen molar-refractivity contribution < 1.29 is 9.53 Å². The van der Waals surface area contributed by atoms with Gasteiger partial charge in [0.1, 0.15) is 5.60 Å². The fraction of sp³-hybridized carbons (Fsp3) is 0.667. The van der Waals surface area contributed by atoms with E-state index < -0.39 is 5.60 Å². The van der Waals surface area contributed by atoms with E-state index in [-0.39, 0.29) is 6.09 Å². The summed E-state index contributed by atoms with van der Waals surface area (Å²) in [4.78, 5) is 22.3. The standard InChI is InChI=1S/C15H24N4O2/c1-15(2,3)21-14(20)18-8-12-4-7-19(10-12)11-13-9-16-5-6-17-13/h5-6,9,12H,4,7-8,10-11H2,1-3H3,(H,18,20). The number of amides is 1. The van der Waals surface area contributed by atoms with Crippen LogP contribution in [0.3, 0.4) is 0 Å². The van der Waals surface area contributed by atoms with Crippen molar-refractivity contribution in [2.75, 3.05) is 19.6 Å². The lowest BCUT2D eigenvalue weighted by Gasteiger charge is -2.20. The summed E-state index contributed by atoms with van der Waals surface area (Å²) >= 11 is 0. The number of alkyl carbamates (subject to hydrolysis) is 1. The predicted molar refractivity (Wildman–Crippen MR) is 79.7 cm³/mol. The smallest absolute Gasteiger partial charge is 0.407 e. The number of hydrogen-bond donors (Lipinski definition) is 1. The van der Waals surface area contributed by atoms with Gasteiger partial charge < -0.3 is 10.1 Å². The van der Waals surface area contributed by atoms with E-state index in [0.717, 1.165) is 31.7 Å². The molecule has 0 aliphatic carbocycles. The minimum atomic E-state index is -0.447. The molecule has 1 N–H and O–H groups in total. The number of carbonyl (C=O) groups excluding carboxylic acids is 1. The van der Waals surface area contributed by atoms with Crippen molar-refractivity contribution in [3.63, 3.8) is 0 Å². The fourth-order valence-electron chi connectivity index (χ4n) is 2.41. The summed E-state index contributed by atoms with van der Waals surface area (Å²) in [5.41, 5.74) is 0.538. The Hall–Kier alpha value is -1.69. The van der Waals surface area contributed by atoms with E-state index >= 15 is 0 Å². The van der Waals surface area contributed by atoms with Crippen molar-refractivity contribution in [2.24, 2.45) is 5.92 Å². The van der Waals surface area contributed by atoms with Crippen LogP contribution in [-0.4, -0.2) is 46.2 Å². The predicted octanol–water partition coefficient (Wildman–Crippen LogP) is 1.82. The zero-order chi connectivity index (χ0) is 15.3. The molecule has 1 saturated heterocycles. The molecule has 2 heterocycles. The minimum absolute atomic E-state index is 0.338. The summed E-state index contributed by atoms with van der Waals surface area (Å²) in [6.45, 7) is 9.06. The van der Waals surface area contributed by atoms with Gasteiger partial charge in [0.25, 0.3) is 0 Å². The lowest BCUT2D eigenvalue weighted by atomic mass is 10.1. The first kappa shape index (κ1) is 15.7. The first-order chi connectivity index (χ1) is 9.92. The van der Waals surface area contributed by atoms with Crippen LogP contribution in [0.15, 0.2) is 18.6 Å². The van der Waals surface area contributed by atoms with E-state index in [1.165, 1.54) is 0 Å². The van der Waals surface area contributed by atoms with Gasteiger partial charge in [0.2, 0.25) is 0 Å². The zero-order valence-electron chi connectivity index (χ0n) is 13.0. The van der Waals surface area contributed by atoms with Crippen molar-refractivity contribution in [1.82, 2.24) is 20.2 Å². The monoisotopic (exact) mass is 292 g/mol. The summed E-state index contributed by atoms with van der Waals surface area (Å²) in [5, 5.41) is 2.85. The molecule has 2 rings (SSSR count). The van der Waals surface area contributed by atoms with Gasteiger partial charge in [0.05, 0.1) is 5.69 Å². The van der Waals surface area contributed by atoms with Crippen LogP contribution in [0.5, 0.6) is 0 Å². The number of ether oxygens (including phenoxy) is 1. The number of nitrogens with zero attached hydrogens (tertiary/aromatic N) is 3. The number of rotatable bonds is 4. The second-order valence-electron chi connectivity index (χ2n) is 6.47. The zero-order valence-corrected chi connectivity index (χ0v) is 13.0. The van der Waals surface area contributed by atoms with E-state index in [1.54, 1.807) is 18.6 Å². The van der Waals surface area contributed by atoms with Crippen LogP contribution in [0.4, 0.5) is 4.79 Å². The minimum Gasteiger partial charge on any atom is -0.444 e. The van der Waals surface area contributed by atoms with Gasteiger partial charge in [-0.25, -0.2) is 4.79 Å². The van der Waals surface area contributed by atoms with Crippen molar-refractivity contribution in [3.05, 3.63) is 24.3 Å². The Morgan fingerprint density at radius 1 is 1.48 bits per heavy atom. The van der Waals surface area contributed by atoms with Crippen LogP contribution in [0, 0.1) is 5.92 Å². The lowest BCUT2D eigenvalue weighted by molar-refractivity contribution is 0.0519. The van der Waals surface area contributed by atoms with E-state index in [0.29, 0.717) is 12.5 Å². The maximum absolute atomic E-state index is 11.6. The van der Waals surface area contributed by atoms with Gasteiger partial charge in [-0.3, -0.25) is 14.9 Å². The van der Waals surface area contributed by atoms with E-state index in [4.69, 9.17) is 4.74 Å². The van der Waals surface area contributed by atoms with Gasteiger partial charge in [-0.2, -0.15) is 0 Å². The molecule has 0 radical (unpaired) electrons. The van der Waals surface area contributed by atoms with Crippen molar-refractivity contribution in [3.8, 4) is 0 Å². The molecule has 1 aliphatic rings. The van der Waals surface area contributed by atoms with Crippen molar-refractivity contribution in [1.29, 1.82) is 0 Å². The third kappa shape index (κ3) is 5.67. The lowest BCUT2D eigenvalue weighted by Crippen LogP contribution is -2.36. The SMILES string of the molecule is CC(C)(C)OC(=O)NCC1CCN(Cc2cnccn2)C1. The number of hydrogen-bond acceptors (Lipinski definition) is 5. The molecule has 1 fully saturated rings. The maximum Gasteiger partial charge on any atom is 0.407 e. The molecule has 0 saturated carbocycles. The van der Waals surface area contributed by atoms with Crippen LogP contribution < -0.4 is 5.32 Å². The first-order valence-corrected chi connectivity index (χ1v) is 7.36. The highest BCUT2D eigenvalue weighted by atomic mass is 16.6. The normalized spacial score (nSPS) is 19.5. The molecule has 6 nitrogen and oxygen atoms in total. The highest BCUT2D eigenvalue weighted by Crippen LogP contribution is 2.17. The average molecular weight is 292 g/mol. The molecule has 1 aromatic rings. The van der Waals surface area contributed by atoms with Gasteiger partial charge in [-0.05, 0) is 39.7 Å². The molecule has 1 atom stereocenters. The van der Waals surface area contributed by atoms with Gasteiger partial charge >= 0.3 is 6.09 Å². The fourth-order valence-corrected chi connectivity index (χ4v) is 2.41. The molecule has 6 heteroatoms. The van der Waals surface area contributed by atoms with E-state index in [9.17, 15) is 4.79 Å². The summed E-state index contributed by atoms with van der Waals surface area (Å²) in [6.07, 6.45) is 5.94. The van der Waals surface area contributed by atoms with Crippen LogP contribution >= 0.6 is 0 Å². The molecule has 1 amide bonds. The summed E-state index contributed by atoms with van der Waals surface area (Å²) in [6, 6.07) is 0. The highest BCUT2D eigenvalue weighted by molar-refractivity contribution is 5.67. The third-order valence-corrected chi connectivity index (χ3v) is 3.31. The van der Waals surface area contributed by atoms with E-state index in [1.807, 2.05) is 20.8 Å². The molecule has 0 aromatic carbocycles. The van der Waals surface area contributed by atoms with Crippen LogP contribution in [0.25, 0.3) is 0 Å². The molecule has 1 aromatic heterocycles. The number of carbonyl (C=O) groups is 1. The van der Waals surface area contributed by atoms with Gasteiger partial charge in [0, 0.05) is 38.2 Å². The van der Waals surface area contributed by atoms with Crippen molar-refractivity contribution >= 4 is 6.09 Å².